The number of aliphatic hydroxyl groups is 2. The summed E-state index contributed by atoms with van der Waals surface area (Å²) in [4.78, 5) is 39.2. The van der Waals surface area contributed by atoms with Crippen molar-refractivity contribution in [3.05, 3.63) is 5.28 Å². The lowest BCUT2D eigenvalue weighted by molar-refractivity contribution is -0.158. The maximum atomic E-state index is 12.6. The van der Waals surface area contributed by atoms with Gasteiger partial charge in [0.25, 0.3) is 0 Å². The van der Waals surface area contributed by atoms with E-state index in [9.17, 15) is 14.7 Å². The number of rotatable bonds is 8. The second-order valence-corrected chi connectivity index (χ2v) is 8.99. The Hall–Kier alpha value is -1.89. The van der Waals surface area contributed by atoms with Crippen molar-refractivity contribution in [1.29, 1.82) is 0 Å². The van der Waals surface area contributed by atoms with E-state index in [2.05, 4.69) is 20.3 Å². The number of carbonyl (C=O) groups excluding carboxylic acids is 1. The van der Waals surface area contributed by atoms with Gasteiger partial charge in [0.1, 0.15) is 17.5 Å². The highest BCUT2D eigenvalue weighted by Gasteiger charge is 2.64. The first-order valence-corrected chi connectivity index (χ1v) is 9.83. The van der Waals surface area contributed by atoms with Crippen molar-refractivity contribution in [3.8, 4) is 0 Å². The molecule has 1 aromatic rings. The van der Waals surface area contributed by atoms with E-state index in [1.165, 1.54) is 21.6 Å². The lowest BCUT2D eigenvalue weighted by Gasteiger charge is -2.43. The number of carboxylic acids is 1. The fraction of sp³-hybridized carbons (Fsp3) is 0.667. The number of thioether (sulfide) groups is 1. The minimum absolute atomic E-state index is 0.0612. The monoisotopic (exact) mass is 432 g/mol. The van der Waals surface area contributed by atoms with Crippen molar-refractivity contribution in [2.24, 2.45) is 0 Å². The fourth-order valence-electron chi connectivity index (χ4n) is 3.38. The van der Waals surface area contributed by atoms with E-state index in [0.29, 0.717) is 0 Å². The summed E-state index contributed by atoms with van der Waals surface area (Å²) in [5.41, 5.74) is 0. The first-order chi connectivity index (χ1) is 13.2. The summed E-state index contributed by atoms with van der Waals surface area (Å²) in [6.07, 6.45) is 0. The number of nitrogens with one attached hydrogen (secondary N) is 1. The molecule has 0 spiro atoms. The summed E-state index contributed by atoms with van der Waals surface area (Å²) >= 11 is 7.36. The zero-order valence-corrected chi connectivity index (χ0v) is 16.8. The Morgan fingerprint density at radius 1 is 1.29 bits per heavy atom. The SMILES string of the molecule is CC1(C)SC2C(Nc3nc(Cl)nc(N(CCO)CCO)n3)C(=O)N2C1C(=O)O. The summed E-state index contributed by atoms with van der Waals surface area (Å²) in [5.74, 6) is -1.18. The zero-order valence-electron chi connectivity index (χ0n) is 15.2. The molecule has 2 saturated heterocycles. The van der Waals surface area contributed by atoms with Gasteiger partial charge in [-0.2, -0.15) is 15.0 Å². The average molecular weight is 433 g/mol. The maximum Gasteiger partial charge on any atom is 0.327 e. The van der Waals surface area contributed by atoms with Gasteiger partial charge in [0.2, 0.25) is 23.1 Å². The second-order valence-electron chi connectivity index (χ2n) is 6.88. The Labute approximate surface area is 170 Å². The largest absolute Gasteiger partial charge is 0.480 e. The molecule has 2 aliphatic heterocycles. The summed E-state index contributed by atoms with van der Waals surface area (Å²) < 4.78 is -0.635. The first kappa shape index (κ1) is 20.8. The third-order valence-corrected chi connectivity index (χ3v) is 6.32. The van der Waals surface area contributed by atoms with Crippen molar-refractivity contribution >= 4 is 47.1 Å². The van der Waals surface area contributed by atoms with Crippen LogP contribution in [0.1, 0.15) is 13.8 Å². The molecule has 0 aromatic carbocycles. The van der Waals surface area contributed by atoms with Gasteiger partial charge in [-0.25, -0.2) is 4.79 Å². The van der Waals surface area contributed by atoms with E-state index < -0.39 is 22.8 Å². The van der Waals surface area contributed by atoms with Crippen LogP contribution in [0.3, 0.4) is 0 Å². The van der Waals surface area contributed by atoms with Crippen molar-refractivity contribution in [2.45, 2.75) is 36.1 Å². The third kappa shape index (κ3) is 3.69. The number of hydrogen-bond acceptors (Lipinski definition) is 10. The van der Waals surface area contributed by atoms with Crippen LogP contribution >= 0.6 is 23.4 Å². The number of halogens is 1. The number of aromatic nitrogens is 3. The molecule has 1 aromatic heterocycles. The molecule has 28 heavy (non-hydrogen) atoms. The van der Waals surface area contributed by atoms with Gasteiger partial charge in [-0.1, -0.05) is 0 Å². The van der Waals surface area contributed by atoms with E-state index in [1.807, 2.05) is 0 Å². The molecule has 3 unspecified atom stereocenters. The van der Waals surface area contributed by atoms with Crippen LogP contribution < -0.4 is 10.2 Å². The standard InChI is InChI=1S/C15H21ClN6O5S/c1-15(2)8(11(26)27)22-9(25)7(10(22)28-15)17-13-18-12(16)19-14(20-13)21(3-5-23)4-6-24/h7-8,10,23-24H,3-6H2,1-2H3,(H,26,27)(H,17,18,19,20). The molecule has 0 saturated carbocycles. The van der Waals surface area contributed by atoms with Crippen LogP contribution in [0.25, 0.3) is 0 Å². The molecule has 4 N–H and O–H groups in total. The Balaban J connectivity index is 1.80. The normalized spacial score (nSPS) is 25.2. The van der Waals surface area contributed by atoms with Crippen LogP contribution in [-0.4, -0.2) is 95.6 Å². The first-order valence-electron chi connectivity index (χ1n) is 8.57. The zero-order chi connectivity index (χ0) is 20.6. The Bertz CT molecular complexity index is 777. The molecular weight excluding hydrogens is 412 g/mol. The molecule has 3 rings (SSSR count). The number of amides is 1. The van der Waals surface area contributed by atoms with Gasteiger partial charge in [-0.15, -0.1) is 11.8 Å². The molecule has 0 radical (unpaired) electrons. The minimum atomic E-state index is -1.04. The van der Waals surface area contributed by atoms with Crippen LogP contribution in [-0.2, 0) is 9.59 Å². The maximum absolute atomic E-state index is 12.6. The van der Waals surface area contributed by atoms with Crippen LogP contribution in [0, 0.1) is 0 Å². The quantitative estimate of drug-likeness (QED) is 0.383. The second kappa shape index (κ2) is 7.85. The molecule has 3 heterocycles. The smallest absolute Gasteiger partial charge is 0.327 e. The average Bonchev–Trinajstić information content (AvgIpc) is 2.87. The number of fused-ring (bicyclic) bond motifs is 1. The molecule has 13 heteroatoms. The Morgan fingerprint density at radius 3 is 2.50 bits per heavy atom. The molecule has 1 amide bonds. The van der Waals surface area contributed by atoms with E-state index in [1.54, 1.807) is 13.8 Å². The molecule has 11 nitrogen and oxygen atoms in total. The molecule has 154 valence electrons. The third-order valence-electron chi connectivity index (χ3n) is 4.58. The van der Waals surface area contributed by atoms with Gasteiger partial charge in [0, 0.05) is 17.8 Å². The van der Waals surface area contributed by atoms with E-state index in [4.69, 9.17) is 21.8 Å². The van der Waals surface area contributed by atoms with Gasteiger partial charge in [0.05, 0.1) is 13.2 Å². The highest BCUT2D eigenvalue weighted by molar-refractivity contribution is 8.01. The number of carbonyl (C=O) groups is 2. The summed E-state index contributed by atoms with van der Waals surface area (Å²) in [7, 11) is 0. The summed E-state index contributed by atoms with van der Waals surface area (Å²) in [5, 5.41) is 30.2. The highest BCUT2D eigenvalue weighted by Crippen LogP contribution is 2.51. The van der Waals surface area contributed by atoms with E-state index in [-0.39, 0.29) is 54.8 Å². The number of anilines is 2. The van der Waals surface area contributed by atoms with Gasteiger partial charge in [-0.05, 0) is 25.4 Å². The van der Waals surface area contributed by atoms with Crippen molar-refractivity contribution < 1.29 is 24.9 Å². The number of aliphatic hydroxyl groups excluding tert-OH is 2. The number of nitrogens with zero attached hydrogens (tertiary/aromatic N) is 5. The summed E-state index contributed by atoms with van der Waals surface area (Å²) in [6.45, 7) is 3.60. The minimum Gasteiger partial charge on any atom is -0.480 e. The number of β-lactam (4-membered cyclic amide) rings is 1. The van der Waals surface area contributed by atoms with Crippen LogP contribution in [0.15, 0.2) is 0 Å². The highest BCUT2D eigenvalue weighted by atomic mass is 35.5. The van der Waals surface area contributed by atoms with Crippen LogP contribution in [0.4, 0.5) is 11.9 Å². The lowest BCUT2D eigenvalue weighted by atomic mass is 9.96. The molecule has 2 fully saturated rings. The Kier molecular flexibility index (Phi) is 5.84. The van der Waals surface area contributed by atoms with Crippen molar-refractivity contribution in [1.82, 2.24) is 19.9 Å². The summed E-state index contributed by atoms with van der Waals surface area (Å²) in [6, 6.07) is -1.60. The number of aliphatic carboxylic acids is 1. The molecule has 3 atom stereocenters. The van der Waals surface area contributed by atoms with Crippen molar-refractivity contribution in [2.75, 3.05) is 36.5 Å². The van der Waals surface area contributed by atoms with Crippen LogP contribution in [0.2, 0.25) is 5.28 Å². The van der Waals surface area contributed by atoms with Crippen molar-refractivity contribution in [3.63, 3.8) is 0 Å². The number of carboxylic acid groups (broad SMARTS) is 1. The molecule has 2 aliphatic rings. The van der Waals surface area contributed by atoms with Gasteiger partial charge in [-0.3, -0.25) is 4.79 Å². The predicted octanol–water partition coefficient (Wildman–Crippen LogP) is -0.757. The molecular formula is C15H21ClN6O5S. The lowest BCUT2D eigenvalue weighted by Crippen LogP contribution is -2.68. The van der Waals surface area contributed by atoms with Gasteiger partial charge < -0.3 is 30.4 Å². The topological polar surface area (TPSA) is 152 Å². The predicted molar refractivity (Wildman–Crippen MR) is 102 cm³/mol. The molecule has 0 bridgehead atoms. The molecule has 0 aliphatic carbocycles. The van der Waals surface area contributed by atoms with E-state index in [0.717, 1.165) is 0 Å². The van der Waals surface area contributed by atoms with E-state index >= 15 is 0 Å². The van der Waals surface area contributed by atoms with Gasteiger partial charge >= 0.3 is 5.97 Å². The van der Waals surface area contributed by atoms with Crippen LogP contribution in [0.5, 0.6) is 0 Å². The Morgan fingerprint density at radius 2 is 1.93 bits per heavy atom. The number of hydrogen-bond donors (Lipinski definition) is 4. The van der Waals surface area contributed by atoms with Gasteiger partial charge in [0.15, 0.2) is 0 Å². The fourth-order valence-corrected chi connectivity index (χ4v) is 5.16.